The molecule has 1 aliphatic rings. The molecule has 1 saturated carbocycles. The van der Waals surface area contributed by atoms with Gasteiger partial charge in [-0.25, -0.2) is 8.78 Å². The molecule has 1 rings (SSSR count). The Hall–Kier alpha value is -0.710. The summed E-state index contributed by atoms with van der Waals surface area (Å²) in [6, 6.07) is 0. The predicted octanol–water partition coefficient (Wildman–Crippen LogP) is 1.22. The van der Waals surface area contributed by atoms with E-state index in [-0.39, 0.29) is 18.0 Å². The monoisotopic (exact) mass is 194 g/mol. The predicted molar refractivity (Wildman–Crippen MR) is 40.5 cm³/mol. The molecule has 13 heavy (non-hydrogen) atoms. The van der Waals surface area contributed by atoms with Crippen LogP contribution in [-0.4, -0.2) is 31.7 Å². The molecule has 0 bridgehead atoms. The lowest BCUT2D eigenvalue weighted by Gasteiger charge is -2.02. The number of hydrogen-bond donors (Lipinski definition) is 0. The van der Waals surface area contributed by atoms with Crippen molar-refractivity contribution in [3.8, 4) is 0 Å². The molecular weight excluding hydrogens is 182 g/mol. The zero-order valence-corrected chi connectivity index (χ0v) is 7.33. The van der Waals surface area contributed by atoms with Crippen molar-refractivity contribution in [3.05, 3.63) is 0 Å². The zero-order chi connectivity index (χ0) is 9.84. The maximum absolute atomic E-state index is 11.7. The van der Waals surface area contributed by atoms with Crippen LogP contribution in [0.25, 0.3) is 0 Å². The van der Waals surface area contributed by atoms with Gasteiger partial charge in [0.15, 0.2) is 0 Å². The Bertz CT molecular complexity index is 184. The Labute approximate surface area is 75.0 Å². The van der Waals surface area contributed by atoms with Gasteiger partial charge in [-0.05, 0) is 13.3 Å². The van der Waals surface area contributed by atoms with Crippen LogP contribution in [-0.2, 0) is 14.3 Å². The van der Waals surface area contributed by atoms with Crippen molar-refractivity contribution in [3.63, 3.8) is 0 Å². The van der Waals surface area contributed by atoms with Crippen molar-refractivity contribution in [1.82, 2.24) is 0 Å². The number of carbonyl (C=O) groups is 1. The quantitative estimate of drug-likeness (QED) is 0.617. The molecule has 1 aliphatic carbocycles. The molecule has 2 atom stereocenters. The summed E-state index contributed by atoms with van der Waals surface area (Å²) in [6.45, 7) is 1.42. The van der Waals surface area contributed by atoms with Gasteiger partial charge in [0, 0.05) is 0 Å². The Kier molecular flexibility index (Phi) is 3.59. The van der Waals surface area contributed by atoms with Gasteiger partial charge in [0.1, 0.15) is 6.61 Å². The lowest BCUT2D eigenvalue weighted by Crippen LogP contribution is -2.13. The van der Waals surface area contributed by atoms with E-state index in [4.69, 9.17) is 9.47 Å². The lowest BCUT2D eigenvalue weighted by atomic mass is 10.4. The number of hydrogen-bond acceptors (Lipinski definition) is 3. The van der Waals surface area contributed by atoms with Crippen molar-refractivity contribution >= 4 is 5.97 Å². The topological polar surface area (TPSA) is 35.5 Å². The Morgan fingerprint density at radius 1 is 1.62 bits per heavy atom. The highest BCUT2D eigenvalue weighted by atomic mass is 19.3. The molecule has 0 aromatic carbocycles. The Morgan fingerprint density at radius 2 is 2.31 bits per heavy atom. The summed E-state index contributed by atoms with van der Waals surface area (Å²) in [5.74, 6) is -0.666. The van der Waals surface area contributed by atoms with Gasteiger partial charge < -0.3 is 9.47 Å². The maximum Gasteiger partial charge on any atom is 0.311 e. The van der Waals surface area contributed by atoms with E-state index in [2.05, 4.69) is 0 Å². The fraction of sp³-hybridized carbons (Fsp3) is 0.875. The summed E-state index contributed by atoms with van der Waals surface area (Å²) < 4.78 is 32.8. The molecule has 5 heteroatoms. The largest absolute Gasteiger partial charge is 0.466 e. The summed E-state index contributed by atoms with van der Waals surface area (Å²) >= 11 is 0. The van der Waals surface area contributed by atoms with Crippen molar-refractivity contribution in [2.24, 2.45) is 5.92 Å². The number of esters is 1. The zero-order valence-electron chi connectivity index (χ0n) is 7.33. The third kappa shape index (κ3) is 3.26. The molecule has 76 valence electrons. The molecule has 0 N–H and O–H groups in total. The minimum atomic E-state index is -2.47. The minimum absolute atomic E-state index is 0.316. The molecule has 0 radical (unpaired) electrons. The SMILES string of the molecule is CCOC(=O)[C@H]1CC1OCC(F)F. The standard InChI is InChI=1S/C8H12F2O3/c1-2-12-8(11)5-3-6(5)13-4-7(9)10/h5-7H,2-4H2,1H3/t5-,6?/m0/s1. The lowest BCUT2D eigenvalue weighted by molar-refractivity contribution is -0.146. The van der Waals surface area contributed by atoms with Gasteiger partial charge in [-0.1, -0.05) is 0 Å². The summed E-state index contributed by atoms with van der Waals surface area (Å²) in [6.07, 6.45) is -2.32. The number of halogens is 2. The molecule has 1 unspecified atom stereocenters. The molecule has 0 aromatic heterocycles. The summed E-state index contributed by atoms with van der Waals surface area (Å²) in [7, 11) is 0. The second kappa shape index (κ2) is 4.50. The van der Waals surface area contributed by atoms with E-state index in [0.29, 0.717) is 13.0 Å². The summed E-state index contributed by atoms with van der Waals surface area (Å²) in [5.41, 5.74) is 0. The second-order valence-electron chi connectivity index (χ2n) is 2.86. The van der Waals surface area contributed by atoms with E-state index in [9.17, 15) is 13.6 Å². The van der Waals surface area contributed by atoms with Crippen LogP contribution in [0.3, 0.4) is 0 Å². The number of alkyl halides is 2. The van der Waals surface area contributed by atoms with E-state index in [0.717, 1.165) is 0 Å². The highest BCUT2D eigenvalue weighted by molar-refractivity contribution is 5.76. The van der Waals surface area contributed by atoms with Crippen LogP contribution in [0.2, 0.25) is 0 Å². The third-order valence-electron chi connectivity index (χ3n) is 1.76. The fourth-order valence-corrected chi connectivity index (χ4v) is 1.05. The normalized spacial score (nSPS) is 26.2. The fourth-order valence-electron chi connectivity index (χ4n) is 1.05. The first kappa shape index (κ1) is 10.4. The van der Waals surface area contributed by atoms with Crippen LogP contribution in [0.4, 0.5) is 8.78 Å². The van der Waals surface area contributed by atoms with Crippen LogP contribution in [0.5, 0.6) is 0 Å². The van der Waals surface area contributed by atoms with Crippen molar-refractivity contribution < 1.29 is 23.0 Å². The average molecular weight is 194 g/mol. The van der Waals surface area contributed by atoms with Gasteiger partial charge >= 0.3 is 5.97 Å². The molecule has 0 amide bonds. The highest BCUT2D eigenvalue weighted by Crippen LogP contribution is 2.34. The molecule has 0 heterocycles. The van der Waals surface area contributed by atoms with Crippen molar-refractivity contribution in [2.75, 3.05) is 13.2 Å². The van der Waals surface area contributed by atoms with Gasteiger partial charge in [0.2, 0.25) is 0 Å². The van der Waals surface area contributed by atoms with Crippen LogP contribution in [0.1, 0.15) is 13.3 Å². The van der Waals surface area contributed by atoms with Crippen molar-refractivity contribution in [2.45, 2.75) is 25.9 Å². The highest BCUT2D eigenvalue weighted by Gasteiger charge is 2.45. The van der Waals surface area contributed by atoms with E-state index in [1.807, 2.05) is 0 Å². The van der Waals surface area contributed by atoms with E-state index in [1.165, 1.54) is 0 Å². The number of carbonyl (C=O) groups excluding carboxylic acids is 1. The van der Waals surface area contributed by atoms with Gasteiger partial charge in [-0.3, -0.25) is 4.79 Å². The molecule has 3 nitrogen and oxygen atoms in total. The maximum atomic E-state index is 11.7. The van der Waals surface area contributed by atoms with E-state index in [1.54, 1.807) is 6.92 Å². The minimum Gasteiger partial charge on any atom is -0.466 e. The summed E-state index contributed by atoms with van der Waals surface area (Å²) in [4.78, 5) is 11.0. The first-order valence-corrected chi connectivity index (χ1v) is 4.21. The molecule has 0 aromatic rings. The second-order valence-corrected chi connectivity index (χ2v) is 2.86. The molecule has 0 spiro atoms. The van der Waals surface area contributed by atoms with Crippen LogP contribution < -0.4 is 0 Å². The smallest absolute Gasteiger partial charge is 0.311 e. The van der Waals surface area contributed by atoms with Crippen LogP contribution >= 0.6 is 0 Å². The van der Waals surface area contributed by atoms with E-state index < -0.39 is 13.0 Å². The van der Waals surface area contributed by atoms with Crippen LogP contribution in [0.15, 0.2) is 0 Å². The van der Waals surface area contributed by atoms with Gasteiger partial charge in [0.05, 0.1) is 18.6 Å². The number of ether oxygens (including phenoxy) is 2. The molecule has 0 aliphatic heterocycles. The average Bonchev–Trinajstić information content (AvgIpc) is 2.80. The van der Waals surface area contributed by atoms with Crippen molar-refractivity contribution in [1.29, 1.82) is 0 Å². The van der Waals surface area contributed by atoms with Gasteiger partial charge in [0.25, 0.3) is 6.43 Å². The first-order chi connectivity index (χ1) is 6.15. The third-order valence-corrected chi connectivity index (χ3v) is 1.76. The van der Waals surface area contributed by atoms with E-state index >= 15 is 0 Å². The summed E-state index contributed by atoms with van der Waals surface area (Å²) in [5, 5.41) is 0. The first-order valence-electron chi connectivity index (χ1n) is 4.21. The van der Waals surface area contributed by atoms with Crippen LogP contribution in [0, 0.1) is 5.92 Å². The molecule has 0 saturated heterocycles. The molecule has 1 fully saturated rings. The molecular formula is C8H12F2O3. The van der Waals surface area contributed by atoms with Gasteiger partial charge in [-0.15, -0.1) is 0 Å². The Morgan fingerprint density at radius 3 is 2.85 bits per heavy atom. The number of rotatable bonds is 5. The van der Waals surface area contributed by atoms with Gasteiger partial charge in [-0.2, -0.15) is 0 Å². The Balaban J connectivity index is 2.11.